The number of unbranched alkanes of at least 4 members (excludes halogenated alkanes) is 2. The van der Waals surface area contributed by atoms with Crippen LogP contribution in [0.1, 0.15) is 25.7 Å². The SMILES string of the molecule is COC(=O)C=CC=C(CCCCCO)Oc1ccc(OC)cc1. The summed E-state index contributed by atoms with van der Waals surface area (Å²) in [5, 5.41) is 8.83. The van der Waals surface area contributed by atoms with Crippen molar-refractivity contribution in [1.82, 2.24) is 0 Å². The third kappa shape index (κ3) is 8.07. The molecule has 0 bridgehead atoms. The molecule has 1 aromatic carbocycles. The molecule has 0 aliphatic heterocycles. The summed E-state index contributed by atoms with van der Waals surface area (Å²) in [6.07, 6.45) is 8.00. The van der Waals surface area contributed by atoms with E-state index in [0.29, 0.717) is 5.75 Å². The molecular formula is C18H24O5. The Morgan fingerprint density at radius 3 is 2.39 bits per heavy atom. The zero-order chi connectivity index (χ0) is 16.9. The van der Waals surface area contributed by atoms with Crippen molar-refractivity contribution < 1.29 is 24.1 Å². The summed E-state index contributed by atoms with van der Waals surface area (Å²) in [5.74, 6) is 1.79. The van der Waals surface area contributed by atoms with E-state index in [9.17, 15) is 4.79 Å². The predicted molar refractivity (Wildman–Crippen MR) is 88.4 cm³/mol. The number of allylic oxidation sites excluding steroid dienone is 3. The second kappa shape index (κ2) is 11.3. The fourth-order valence-electron chi connectivity index (χ4n) is 1.85. The van der Waals surface area contributed by atoms with Crippen LogP contribution < -0.4 is 9.47 Å². The van der Waals surface area contributed by atoms with Crippen molar-refractivity contribution in [3.8, 4) is 11.5 Å². The fraction of sp³-hybridized carbons (Fsp3) is 0.389. The Hall–Kier alpha value is -2.27. The fourth-order valence-corrected chi connectivity index (χ4v) is 1.85. The van der Waals surface area contributed by atoms with E-state index in [0.717, 1.165) is 37.2 Å². The number of aliphatic hydroxyl groups excluding tert-OH is 1. The van der Waals surface area contributed by atoms with Gasteiger partial charge < -0.3 is 19.3 Å². The summed E-state index contributed by atoms with van der Waals surface area (Å²) in [4.78, 5) is 11.1. The van der Waals surface area contributed by atoms with E-state index in [1.807, 2.05) is 24.3 Å². The first kappa shape index (κ1) is 18.8. The van der Waals surface area contributed by atoms with E-state index >= 15 is 0 Å². The van der Waals surface area contributed by atoms with E-state index in [-0.39, 0.29) is 6.61 Å². The van der Waals surface area contributed by atoms with E-state index in [2.05, 4.69) is 4.74 Å². The molecule has 5 heteroatoms. The first-order chi connectivity index (χ1) is 11.2. The molecule has 0 unspecified atom stereocenters. The molecule has 1 N–H and O–H groups in total. The molecule has 0 spiro atoms. The van der Waals surface area contributed by atoms with Crippen molar-refractivity contribution in [3.05, 3.63) is 48.3 Å². The highest BCUT2D eigenvalue weighted by Gasteiger charge is 2.02. The van der Waals surface area contributed by atoms with Gasteiger partial charge in [0.25, 0.3) is 0 Å². The van der Waals surface area contributed by atoms with Gasteiger partial charge in [0.15, 0.2) is 0 Å². The first-order valence-electron chi connectivity index (χ1n) is 7.57. The zero-order valence-electron chi connectivity index (χ0n) is 13.7. The first-order valence-corrected chi connectivity index (χ1v) is 7.57. The number of benzene rings is 1. The number of carbonyl (C=O) groups is 1. The Labute approximate surface area is 137 Å². The largest absolute Gasteiger partial charge is 0.497 e. The maximum absolute atomic E-state index is 11.1. The smallest absolute Gasteiger partial charge is 0.330 e. The number of esters is 1. The maximum Gasteiger partial charge on any atom is 0.330 e. The van der Waals surface area contributed by atoms with Gasteiger partial charge in [-0.05, 0) is 43.2 Å². The molecule has 0 radical (unpaired) electrons. The molecule has 0 aliphatic rings. The third-order valence-corrected chi connectivity index (χ3v) is 3.11. The van der Waals surface area contributed by atoms with Crippen LogP contribution in [0.3, 0.4) is 0 Å². The molecule has 0 aromatic heterocycles. The number of ether oxygens (including phenoxy) is 3. The van der Waals surface area contributed by atoms with Crippen LogP contribution in [-0.4, -0.2) is 31.9 Å². The molecular weight excluding hydrogens is 296 g/mol. The number of hydrogen-bond donors (Lipinski definition) is 1. The molecule has 0 heterocycles. The maximum atomic E-state index is 11.1. The van der Waals surface area contributed by atoms with Gasteiger partial charge in [-0.2, -0.15) is 0 Å². The summed E-state index contributed by atoms with van der Waals surface area (Å²) >= 11 is 0. The standard InChI is InChI=1S/C18H24O5/c1-21-15-10-12-17(13-11-15)23-16(7-4-3-5-14-19)8-6-9-18(20)22-2/h6,8-13,19H,3-5,7,14H2,1-2H3. The summed E-state index contributed by atoms with van der Waals surface area (Å²) in [7, 11) is 2.94. The van der Waals surface area contributed by atoms with Gasteiger partial charge in [-0.15, -0.1) is 0 Å². The average molecular weight is 320 g/mol. The van der Waals surface area contributed by atoms with Crippen LogP contribution in [0.15, 0.2) is 48.3 Å². The number of aliphatic hydroxyl groups is 1. The van der Waals surface area contributed by atoms with Crippen LogP contribution in [0.4, 0.5) is 0 Å². The lowest BCUT2D eigenvalue weighted by Crippen LogP contribution is -1.97. The van der Waals surface area contributed by atoms with Crippen molar-refractivity contribution in [1.29, 1.82) is 0 Å². The Bertz CT molecular complexity index is 517. The van der Waals surface area contributed by atoms with Crippen molar-refractivity contribution in [2.75, 3.05) is 20.8 Å². The third-order valence-electron chi connectivity index (χ3n) is 3.11. The van der Waals surface area contributed by atoms with Gasteiger partial charge in [-0.25, -0.2) is 4.79 Å². The van der Waals surface area contributed by atoms with Crippen molar-refractivity contribution in [3.63, 3.8) is 0 Å². The normalized spacial score (nSPS) is 11.5. The summed E-state index contributed by atoms with van der Waals surface area (Å²) in [5.41, 5.74) is 0. The minimum absolute atomic E-state index is 0.195. The van der Waals surface area contributed by atoms with Crippen LogP contribution in [0, 0.1) is 0 Å². The molecule has 0 saturated heterocycles. The Morgan fingerprint density at radius 1 is 1.09 bits per heavy atom. The lowest BCUT2D eigenvalue weighted by molar-refractivity contribution is -0.134. The summed E-state index contributed by atoms with van der Waals surface area (Å²) in [6, 6.07) is 7.29. The van der Waals surface area contributed by atoms with E-state index in [1.165, 1.54) is 13.2 Å². The van der Waals surface area contributed by atoms with Crippen LogP contribution in [0.2, 0.25) is 0 Å². The van der Waals surface area contributed by atoms with E-state index in [4.69, 9.17) is 14.6 Å². The second-order valence-electron chi connectivity index (χ2n) is 4.83. The van der Waals surface area contributed by atoms with Gasteiger partial charge in [0, 0.05) is 19.1 Å². The lowest BCUT2D eigenvalue weighted by Gasteiger charge is -2.10. The van der Waals surface area contributed by atoms with Gasteiger partial charge >= 0.3 is 5.97 Å². The second-order valence-corrected chi connectivity index (χ2v) is 4.83. The van der Waals surface area contributed by atoms with Gasteiger partial charge in [0.05, 0.1) is 14.2 Å². The van der Waals surface area contributed by atoms with Crippen molar-refractivity contribution in [2.45, 2.75) is 25.7 Å². The van der Waals surface area contributed by atoms with Crippen molar-refractivity contribution in [2.24, 2.45) is 0 Å². The van der Waals surface area contributed by atoms with Gasteiger partial charge in [-0.3, -0.25) is 0 Å². The molecule has 126 valence electrons. The highest BCUT2D eigenvalue weighted by Crippen LogP contribution is 2.21. The predicted octanol–water partition coefficient (Wildman–Crippen LogP) is 3.24. The molecule has 0 saturated carbocycles. The van der Waals surface area contributed by atoms with Crippen LogP contribution >= 0.6 is 0 Å². The number of rotatable bonds is 10. The molecule has 0 amide bonds. The van der Waals surface area contributed by atoms with E-state index in [1.54, 1.807) is 19.3 Å². The topological polar surface area (TPSA) is 65.0 Å². The van der Waals surface area contributed by atoms with E-state index < -0.39 is 5.97 Å². The van der Waals surface area contributed by atoms with Crippen LogP contribution in [0.5, 0.6) is 11.5 Å². The Balaban J connectivity index is 2.69. The molecule has 23 heavy (non-hydrogen) atoms. The molecule has 0 aliphatic carbocycles. The minimum atomic E-state index is -0.412. The monoisotopic (exact) mass is 320 g/mol. The van der Waals surface area contributed by atoms with Crippen LogP contribution in [0.25, 0.3) is 0 Å². The van der Waals surface area contributed by atoms with Crippen LogP contribution in [-0.2, 0) is 9.53 Å². The number of hydrogen-bond acceptors (Lipinski definition) is 5. The zero-order valence-corrected chi connectivity index (χ0v) is 13.7. The Morgan fingerprint density at radius 2 is 1.78 bits per heavy atom. The quantitative estimate of drug-likeness (QED) is 0.236. The molecule has 0 atom stereocenters. The Kier molecular flexibility index (Phi) is 9.24. The summed E-state index contributed by atoms with van der Waals surface area (Å²) in [6.45, 7) is 0.195. The van der Waals surface area contributed by atoms with Gasteiger partial charge in [-0.1, -0.05) is 12.5 Å². The molecule has 1 rings (SSSR count). The number of methoxy groups -OCH3 is 2. The lowest BCUT2D eigenvalue weighted by atomic mass is 10.1. The minimum Gasteiger partial charge on any atom is -0.497 e. The molecule has 5 nitrogen and oxygen atoms in total. The van der Waals surface area contributed by atoms with Gasteiger partial charge in [0.2, 0.25) is 0 Å². The highest BCUT2D eigenvalue weighted by atomic mass is 16.5. The van der Waals surface area contributed by atoms with Gasteiger partial charge in [0.1, 0.15) is 17.3 Å². The molecule has 1 aromatic rings. The highest BCUT2D eigenvalue weighted by molar-refractivity contribution is 5.82. The summed E-state index contributed by atoms with van der Waals surface area (Å²) < 4.78 is 15.5. The number of carbonyl (C=O) groups excluding carboxylic acids is 1. The average Bonchev–Trinajstić information content (AvgIpc) is 2.58. The molecule has 0 fully saturated rings. The van der Waals surface area contributed by atoms with Crippen molar-refractivity contribution >= 4 is 5.97 Å².